The van der Waals surface area contributed by atoms with Crippen molar-refractivity contribution in [2.45, 2.75) is 43.9 Å². The van der Waals surface area contributed by atoms with E-state index in [4.69, 9.17) is 9.15 Å². The molecule has 3 aromatic rings. The molecule has 1 spiro atoms. The Morgan fingerprint density at radius 3 is 2.83 bits per heavy atom. The molecule has 1 unspecified atom stereocenters. The van der Waals surface area contributed by atoms with Crippen LogP contribution in [0, 0.1) is 0 Å². The van der Waals surface area contributed by atoms with Gasteiger partial charge in [-0.05, 0) is 49.4 Å². The summed E-state index contributed by atoms with van der Waals surface area (Å²) in [5, 5.41) is 4.13. The number of carbonyl (C=O) groups is 1. The van der Waals surface area contributed by atoms with E-state index in [2.05, 4.69) is 39.5 Å². The number of aromatic nitrogens is 1. The Morgan fingerprint density at radius 1 is 1.13 bits per heavy atom. The van der Waals surface area contributed by atoms with Gasteiger partial charge in [0.25, 0.3) is 5.91 Å². The van der Waals surface area contributed by atoms with Gasteiger partial charge in [0.15, 0.2) is 5.76 Å². The number of nitrogens with one attached hydrogen (secondary N) is 1. The van der Waals surface area contributed by atoms with Crippen LogP contribution in [0.2, 0.25) is 0 Å². The fourth-order valence-electron chi connectivity index (χ4n) is 4.76. The maximum absolute atomic E-state index is 12.1. The Labute approximate surface area is 176 Å². The normalized spacial score (nSPS) is 21.3. The monoisotopic (exact) mass is 405 g/mol. The molecule has 0 saturated carbocycles. The zero-order valence-electron chi connectivity index (χ0n) is 17.0. The number of piperidine rings is 1. The van der Waals surface area contributed by atoms with Crippen LogP contribution in [-0.2, 0) is 11.3 Å². The van der Waals surface area contributed by atoms with Crippen molar-refractivity contribution in [1.29, 1.82) is 0 Å². The first-order valence-corrected chi connectivity index (χ1v) is 10.8. The van der Waals surface area contributed by atoms with Gasteiger partial charge in [-0.15, -0.1) is 0 Å². The van der Waals surface area contributed by atoms with Crippen LogP contribution in [0.25, 0.3) is 10.9 Å². The summed E-state index contributed by atoms with van der Waals surface area (Å²) in [6.07, 6.45) is 7.59. The molecular formula is C24H27N3O3. The Hall–Kier alpha value is -2.70. The van der Waals surface area contributed by atoms with Gasteiger partial charge in [-0.25, -0.2) is 0 Å². The number of hydrogen-bond donors (Lipinski definition) is 1. The standard InChI is InChI=1S/C24H27N3O3/c28-23(21-7-3-15-29-21)26-16-20-8-9-24(30-20)10-13-27(14-11-24)17-19-5-1-4-18-6-2-12-25-22(18)19/h1-7,12,15,20H,8-11,13-14,16-17H2,(H,26,28). The van der Waals surface area contributed by atoms with Crippen LogP contribution in [0.5, 0.6) is 0 Å². The molecule has 4 heterocycles. The Bertz CT molecular complexity index is 1000. The van der Waals surface area contributed by atoms with E-state index in [1.165, 1.54) is 17.2 Å². The lowest BCUT2D eigenvalue weighted by molar-refractivity contribution is -0.0764. The van der Waals surface area contributed by atoms with Gasteiger partial charge in [0.1, 0.15) is 0 Å². The van der Waals surface area contributed by atoms with E-state index >= 15 is 0 Å². The van der Waals surface area contributed by atoms with Crippen LogP contribution in [0.15, 0.2) is 59.3 Å². The highest BCUT2D eigenvalue weighted by Gasteiger charge is 2.42. The summed E-state index contributed by atoms with van der Waals surface area (Å²) in [5.41, 5.74) is 2.35. The topological polar surface area (TPSA) is 67.6 Å². The van der Waals surface area contributed by atoms with E-state index in [9.17, 15) is 4.79 Å². The minimum absolute atomic E-state index is 0.0341. The van der Waals surface area contributed by atoms with E-state index < -0.39 is 0 Å². The molecule has 2 aliphatic heterocycles. The lowest BCUT2D eigenvalue weighted by atomic mass is 9.88. The van der Waals surface area contributed by atoms with E-state index in [0.29, 0.717) is 12.3 Å². The van der Waals surface area contributed by atoms with Crippen LogP contribution < -0.4 is 5.32 Å². The van der Waals surface area contributed by atoms with Gasteiger partial charge in [0, 0.05) is 37.8 Å². The van der Waals surface area contributed by atoms with Crippen LogP contribution in [-0.4, -0.2) is 47.1 Å². The molecule has 156 valence electrons. The van der Waals surface area contributed by atoms with Gasteiger partial charge in [0.05, 0.1) is 23.5 Å². The maximum Gasteiger partial charge on any atom is 0.287 e. The SMILES string of the molecule is O=C(NCC1CCC2(CCN(Cc3cccc4cccnc34)CC2)O1)c1ccco1. The molecule has 1 N–H and O–H groups in total. The summed E-state index contributed by atoms with van der Waals surface area (Å²) in [6.45, 7) is 3.50. The highest BCUT2D eigenvalue weighted by Crippen LogP contribution is 2.39. The molecule has 1 amide bonds. The Morgan fingerprint density at radius 2 is 2.00 bits per heavy atom. The largest absolute Gasteiger partial charge is 0.459 e. The van der Waals surface area contributed by atoms with Gasteiger partial charge in [0.2, 0.25) is 0 Å². The molecule has 2 saturated heterocycles. The highest BCUT2D eigenvalue weighted by molar-refractivity contribution is 5.91. The van der Waals surface area contributed by atoms with Crippen molar-refractivity contribution in [1.82, 2.24) is 15.2 Å². The van der Waals surface area contributed by atoms with Gasteiger partial charge in [-0.1, -0.05) is 24.3 Å². The second-order valence-electron chi connectivity index (χ2n) is 8.42. The van der Waals surface area contributed by atoms with Crippen molar-refractivity contribution in [2.75, 3.05) is 19.6 Å². The van der Waals surface area contributed by atoms with E-state index in [1.54, 1.807) is 12.1 Å². The van der Waals surface area contributed by atoms with Crippen molar-refractivity contribution in [3.05, 3.63) is 66.2 Å². The molecule has 2 fully saturated rings. The lowest BCUT2D eigenvalue weighted by Crippen LogP contribution is -2.44. The average molecular weight is 405 g/mol. The smallest absolute Gasteiger partial charge is 0.287 e. The molecule has 6 nitrogen and oxygen atoms in total. The third-order valence-corrected chi connectivity index (χ3v) is 6.45. The number of hydrogen-bond acceptors (Lipinski definition) is 5. The molecule has 2 aromatic heterocycles. The third kappa shape index (κ3) is 3.98. The molecule has 0 aliphatic carbocycles. The van der Waals surface area contributed by atoms with Crippen molar-refractivity contribution in [3.8, 4) is 0 Å². The molecular weight excluding hydrogens is 378 g/mol. The van der Waals surface area contributed by atoms with Crippen LogP contribution in [0.3, 0.4) is 0 Å². The molecule has 0 bridgehead atoms. The summed E-state index contributed by atoms with van der Waals surface area (Å²) in [4.78, 5) is 19.2. The average Bonchev–Trinajstić information content (AvgIpc) is 3.45. The zero-order valence-corrected chi connectivity index (χ0v) is 17.0. The van der Waals surface area contributed by atoms with Gasteiger partial charge in [-0.2, -0.15) is 0 Å². The molecule has 5 rings (SSSR count). The predicted molar refractivity (Wildman–Crippen MR) is 114 cm³/mol. The van der Waals surface area contributed by atoms with Crippen LogP contribution in [0.1, 0.15) is 41.8 Å². The van der Waals surface area contributed by atoms with E-state index in [1.807, 2.05) is 12.3 Å². The quantitative estimate of drug-likeness (QED) is 0.700. The minimum Gasteiger partial charge on any atom is -0.459 e. The van der Waals surface area contributed by atoms with E-state index in [-0.39, 0.29) is 17.6 Å². The number of likely N-dealkylation sites (tertiary alicyclic amines) is 1. The molecule has 1 aromatic carbocycles. The lowest BCUT2D eigenvalue weighted by Gasteiger charge is -2.39. The maximum atomic E-state index is 12.1. The molecule has 6 heteroatoms. The number of ether oxygens (including phenoxy) is 1. The van der Waals surface area contributed by atoms with Gasteiger partial charge >= 0.3 is 0 Å². The van der Waals surface area contributed by atoms with E-state index in [0.717, 1.165) is 50.8 Å². The number of carbonyl (C=O) groups excluding carboxylic acids is 1. The van der Waals surface area contributed by atoms with Crippen molar-refractivity contribution in [2.24, 2.45) is 0 Å². The molecule has 30 heavy (non-hydrogen) atoms. The second-order valence-corrected chi connectivity index (χ2v) is 8.42. The number of fused-ring (bicyclic) bond motifs is 1. The minimum atomic E-state index is -0.178. The Kier molecular flexibility index (Phi) is 5.27. The third-order valence-electron chi connectivity index (χ3n) is 6.45. The van der Waals surface area contributed by atoms with Crippen molar-refractivity contribution < 1.29 is 13.9 Å². The van der Waals surface area contributed by atoms with Gasteiger partial charge < -0.3 is 14.5 Å². The van der Waals surface area contributed by atoms with Crippen LogP contribution >= 0.6 is 0 Å². The Balaban J connectivity index is 1.14. The summed E-state index contributed by atoms with van der Waals surface area (Å²) in [5.74, 6) is 0.169. The zero-order chi connectivity index (χ0) is 20.4. The van der Waals surface area contributed by atoms with Gasteiger partial charge in [-0.3, -0.25) is 14.7 Å². The van der Waals surface area contributed by atoms with Crippen molar-refractivity contribution in [3.63, 3.8) is 0 Å². The number of nitrogens with zero attached hydrogens (tertiary/aromatic N) is 2. The summed E-state index contributed by atoms with van der Waals surface area (Å²) >= 11 is 0. The first-order valence-electron chi connectivity index (χ1n) is 10.8. The first kappa shape index (κ1) is 19.3. The van der Waals surface area contributed by atoms with Crippen molar-refractivity contribution >= 4 is 16.8 Å². The second kappa shape index (κ2) is 8.20. The molecule has 2 aliphatic rings. The fourth-order valence-corrected chi connectivity index (χ4v) is 4.76. The number of furan rings is 1. The summed E-state index contributed by atoms with van der Waals surface area (Å²) < 4.78 is 11.6. The predicted octanol–water partition coefficient (Wildman–Crippen LogP) is 3.77. The molecule has 0 radical (unpaired) electrons. The number of para-hydroxylation sites is 1. The summed E-state index contributed by atoms with van der Waals surface area (Å²) in [6, 6.07) is 13.9. The number of benzene rings is 1. The number of rotatable bonds is 5. The molecule has 1 atom stereocenters. The number of amides is 1. The summed E-state index contributed by atoms with van der Waals surface area (Å²) in [7, 11) is 0. The number of pyridine rings is 1. The first-order chi connectivity index (χ1) is 14.7. The fraction of sp³-hybridized carbons (Fsp3) is 0.417. The highest BCUT2D eigenvalue weighted by atomic mass is 16.5. The van der Waals surface area contributed by atoms with Crippen LogP contribution in [0.4, 0.5) is 0 Å².